The van der Waals surface area contributed by atoms with Crippen LogP contribution in [0.1, 0.15) is 15.9 Å². The van der Waals surface area contributed by atoms with Crippen LogP contribution in [0.15, 0.2) is 59.6 Å². The molecule has 3 nitrogen and oxygen atoms in total. The molecule has 2 aromatic rings. The van der Waals surface area contributed by atoms with Crippen molar-refractivity contribution in [1.29, 1.82) is 0 Å². The first-order valence-corrected chi connectivity index (χ1v) is 6.66. The largest absolute Gasteiger partial charge is 0.366 e. The predicted molar refractivity (Wildman–Crippen MR) is 78.8 cm³/mol. The lowest BCUT2D eigenvalue weighted by molar-refractivity contribution is 0.100. The minimum absolute atomic E-state index is 0.413. The van der Waals surface area contributed by atoms with E-state index in [0.29, 0.717) is 5.56 Å². The molecule has 4 heteroatoms. The maximum Gasteiger partial charge on any atom is 0.250 e. The third-order valence-corrected chi connectivity index (χ3v) is 4.00. The van der Waals surface area contributed by atoms with E-state index in [0.717, 1.165) is 10.6 Å². The van der Waals surface area contributed by atoms with Gasteiger partial charge in [0.1, 0.15) is 0 Å². The van der Waals surface area contributed by atoms with Gasteiger partial charge in [0.05, 0.1) is 11.3 Å². The number of nitrogens with zero attached hydrogens (tertiary/aromatic N) is 1. The molecule has 2 aromatic carbocycles. The average molecular weight is 268 g/mol. The lowest BCUT2D eigenvalue weighted by atomic mass is 10.1. The van der Waals surface area contributed by atoms with Crippen molar-refractivity contribution in [3.05, 3.63) is 65.9 Å². The van der Waals surface area contributed by atoms with Gasteiger partial charge in [0.2, 0.25) is 0 Å². The summed E-state index contributed by atoms with van der Waals surface area (Å²) in [5.74, 6) is -0.413. The van der Waals surface area contributed by atoms with Crippen LogP contribution in [0.25, 0.3) is 6.08 Å². The normalized spacial score (nSPS) is 13.2. The molecule has 0 saturated heterocycles. The maximum absolute atomic E-state index is 11.5. The van der Waals surface area contributed by atoms with E-state index in [1.165, 1.54) is 5.56 Å². The van der Waals surface area contributed by atoms with Crippen LogP contribution in [0.4, 0.5) is 5.69 Å². The van der Waals surface area contributed by atoms with Crippen molar-refractivity contribution >= 4 is 29.6 Å². The number of para-hydroxylation sites is 1. The van der Waals surface area contributed by atoms with Crippen LogP contribution in [0, 0.1) is 0 Å². The number of primary amides is 1. The van der Waals surface area contributed by atoms with E-state index in [1.54, 1.807) is 18.0 Å². The number of amides is 1. The molecule has 1 aliphatic rings. The number of anilines is 1. The monoisotopic (exact) mass is 268 g/mol. The second-order valence-electron chi connectivity index (χ2n) is 4.15. The molecule has 0 bridgehead atoms. The Balaban J connectivity index is 2.01. The molecule has 1 heterocycles. The number of benzene rings is 2. The molecule has 0 saturated carbocycles. The molecule has 1 aliphatic heterocycles. The van der Waals surface area contributed by atoms with Crippen molar-refractivity contribution in [3.63, 3.8) is 0 Å². The molecule has 0 aliphatic carbocycles. The Morgan fingerprint density at radius 1 is 1.05 bits per heavy atom. The van der Waals surface area contributed by atoms with E-state index in [9.17, 15) is 4.79 Å². The van der Waals surface area contributed by atoms with Gasteiger partial charge in [-0.1, -0.05) is 30.3 Å². The smallest absolute Gasteiger partial charge is 0.250 e. The molecule has 2 N–H and O–H groups in total. The van der Waals surface area contributed by atoms with Gasteiger partial charge in [-0.25, -0.2) is 0 Å². The Labute approximate surface area is 115 Å². The van der Waals surface area contributed by atoms with Crippen molar-refractivity contribution in [3.8, 4) is 0 Å². The SMILES string of the molecule is NC(=O)c1ccccc1N1C=Cc2ccccc2S1. The van der Waals surface area contributed by atoms with Crippen LogP contribution in [0.3, 0.4) is 0 Å². The van der Waals surface area contributed by atoms with Crippen LogP contribution in [-0.4, -0.2) is 5.91 Å². The molecule has 3 rings (SSSR count). The Kier molecular flexibility index (Phi) is 3.01. The summed E-state index contributed by atoms with van der Waals surface area (Å²) in [5.41, 5.74) is 7.94. The summed E-state index contributed by atoms with van der Waals surface area (Å²) in [7, 11) is 0. The van der Waals surface area contributed by atoms with Gasteiger partial charge in [-0.3, -0.25) is 9.10 Å². The van der Waals surface area contributed by atoms with Crippen LogP contribution in [0.2, 0.25) is 0 Å². The first kappa shape index (κ1) is 11.9. The summed E-state index contributed by atoms with van der Waals surface area (Å²) in [4.78, 5) is 12.6. The molecule has 0 radical (unpaired) electrons. The van der Waals surface area contributed by atoms with Crippen LogP contribution in [0.5, 0.6) is 0 Å². The van der Waals surface area contributed by atoms with E-state index in [-0.39, 0.29) is 0 Å². The number of hydrogen-bond acceptors (Lipinski definition) is 3. The van der Waals surface area contributed by atoms with Gasteiger partial charge in [0, 0.05) is 11.1 Å². The fourth-order valence-electron chi connectivity index (χ4n) is 1.99. The quantitative estimate of drug-likeness (QED) is 0.850. The van der Waals surface area contributed by atoms with E-state index in [2.05, 4.69) is 12.1 Å². The predicted octanol–water partition coefficient (Wildman–Crippen LogP) is 3.28. The summed E-state index contributed by atoms with van der Waals surface area (Å²) in [5, 5.41) is 0. The van der Waals surface area contributed by atoms with Crippen molar-refractivity contribution < 1.29 is 4.79 Å². The van der Waals surface area contributed by atoms with Gasteiger partial charge in [-0.15, -0.1) is 0 Å². The van der Waals surface area contributed by atoms with Gasteiger partial charge in [-0.2, -0.15) is 0 Å². The fraction of sp³-hybridized carbons (Fsp3) is 0. The van der Waals surface area contributed by atoms with Crippen LogP contribution in [-0.2, 0) is 0 Å². The molecular formula is C15H12N2OS. The van der Waals surface area contributed by atoms with Crippen molar-refractivity contribution in [2.45, 2.75) is 4.90 Å². The first-order valence-electron chi connectivity index (χ1n) is 5.89. The topological polar surface area (TPSA) is 46.3 Å². The minimum Gasteiger partial charge on any atom is -0.366 e. The molecule has 0 unspecified atom stereocenters. The number of nitrogens with two attached hydrogens (primary N) is 1. The molecular weight excluding hydrogens is 256 g/mol. The highest BCUT2D eigenvalue weighted by atomic mass is 32.2. The third-order valence-electron chi connectivity index (χ3n) is 2.91. The zero-order chi connectivity index (χ0) is 13.2. The minimum atomic E-state index is -0.413. The second kappa shape index (κ2) is 4.82. The highest BCUT2D eigenvalue weighted by Gasteiger charge is 2.17. The maximum atomic E-state index is 11.5. The highest BCUT2D eigenvalue weighted by Crippen LogP contribution is 2.37. The Hall–Kier alpha value is -2.20. The Morgan fingerprint density at radius 2 is 1.79 bits per heavy atom. The Bertz CT molecular complexity index is 667. The first-order chi connectivity index (χ1) is 9.25. The molecule has 0 fully saturated rings. The molecule has 0 atom stereocenters. The highest BCUT2D eigenvalue weighted by molar-refractivity contribution is 8.01. The van der Waals surface area contributed by atoms with Gasteiger partial charge in [0.25, 0.3) is 5.91 Å². The van der Waals surface area contributed by atoms with E-state index in [4.69, 9.17) is 5.73 Å². The number of hydrogen-bond donors (Lipinski definition) is 1. The number of carbonyl (C=O) groups excluding carboxylic acids is 1. The van der Waals surface area contributed by atoms with Crippen LogP contribution < -0.4 is 10.0 Å². The summed E-state index contributed by atoms with van der Waals surface area (Å²) >= 11 is 1.58. The molecule has 19 heavy (non-hydrogen) atoms. The Morgan fingerprint density at radius 3 is 2.63 bits per heavy atom. The van der Waals surface area contributed by atoms with Gasteiger partial charge >= 0.3 is 0 Å². The average Bonchev–Trinajstić information content (AvgIpc) is 2.46. The van der Waals surface area contributed by atoms with Gasteiger partial charge in [0.15, 0.2) is 0 Å². The molecule has 1 amide bonds. The number of fused-ring (bicyclic) bond motifs is 1. The lowest BCUT2D eigenvalue weighted by Crippen LogP contribution is -2.17. The van der Waals surface area contributed by atoms with Gasteiger partial charge < -0.3 is 5.73 Å². The van der Waals surface area contributed by atoms with E-state index in [1.807, 2.05) is 46.9 Å². The standard InChI is InChI=1S/C15H12N2OS/c16-15(18)12-6-2-3-7-13(12)17-10-9-11-5-1-4-8-14(11)19-17/h1-10H,(H2,16,18). The number of rotatable bonds is 2. The van der Waals surface area contributed by atoms with E-state index < -0.39 is 5.91 Å². The number of carbonyl (C=O) groups is 1. The zero-order valence-corrected chi connectivity index (χ0v) is 10.9. The molecule has 0 spiro atoms. The second-order valence-corrected chi connectivity index (χ2v) is 5.17. The fourth-order valence-corrected chi connectivity index (χ4v) is 2.96. The van der Waals surface area contributed by atoms with Crippen LogP contribution >= 0.6 is 11.9 Å². The third kappa shape index (κ3) is 2.22. The van der Waals surface area contributed by atoms with Crippen molar-refractivity contribution in [2.24, 2.45) is 5.73 Å². The lowest BCUT2D eigenvalue weighted by Gasteiger charge is -2.25. The van der Waals surface area contributed by atoms with Crippen molar-refractivity contribution in [1.82, 2.24) is 0 Å². The summed E-state index contributed by atoms with van der Waals surface area (Å²) in [6.07, 6.45) is 3.98. The molecule has 94 valence electrons. The summed E-state index contributed by atoms with van der Waals surface area (Å²) in [6, 6.07) is 15.5. The van der Waals surface area contributed by atoms with Gasteiger partial charge in [-0.05, 0) is 41.8 Å². The molecule has 0 aromatic heterocycles. The van der Waals surface area contributed by atoms with Crippen molar-refractivity contribution in [2.75, 3.05) is 4.31 Å². The summed E-state index contributed by atoms with van der Waals surface area (Å²) < 4.78 is 1.96. The van der Waals surface area contributed by atoms with E-state index >= 15 is 0 Å². The summed E-state index contributed by atoms with van der Waals surface area (Å²) in [6.45, 7) is 0. The zero-order valence-electron chi connectivity index (χ0n) is 10.1.